The van der Waals surface area contributed by atoms with Gasteiger partial charge >= 0.3 is 11.9 Å². The van der Waals surface area contributed by atoms with Gasteiger partial charge < -0.3 is 9.47 Å². The van der Waals surface area contributed by atoms with Crippen LogP contribution in [0.1, 0.15) is 61.8 Å². The summed E-state index contributed by atoms with van der Waals surface area (Å²) < 4.78 is 9.78. The fraction of sp³-hybridized carbons (Fsp3) is 0.571. The highest BCUT2D eigenvalue weighted by molar-refractivity contribution is 6.64. The van der Waals surface area contributed by atoms with Gasteiger partial charge in [-0.25, -0.2) is 0 Å². The van der Waals surface area contributed by atoms with Crippen LogP contribution in [-0.2, 0) is 44.7 Å². The minimum atomic E-state index is -0.691. The van der Waals surface area contributed by atoms with Crippen LogP contribution in [0, 0.1) is 44.4 Å². The lowest BCUT2D eigenvalue weighted by Crippen LogP contribution is -2.28. The second-order valence-corrected chi connectivity index (χ2v) is 10.0. The van der Waals surface area contributed by atoms with Crippen LogP contribution in [0.25, 0.3) is 0 Å². The summed E-state index contributed by atoms with van der Waals surface area (Å²) in [5.74, 6) is -3.62. The van der Waals surface area contributed by atoms with Gasteiger partial charge in [-0.1, -0.05) is 17.7 Å². The first-order valence-electron chi connectivity index (χ1n) is 12.5. The first kappa shape index (κ1) is 30.4. The van der Waals surface area contributed by atoms with Crippen LogP contribution in [0.2, 0.25) is 0 Å². The maximum absolute atomic E-state index is 12.7. The molecule has 0 spiro atoms. The molecule has 4 atom stereocenters. The molecular weight excluding hydrogens is 500 g/mol. The van der Waals surface area contributed by atoms with Gasteiger partial charge in [0.05, 0.1) is 31.0 Å². The third-order valence-electron chi connectivity index (χ3n) is 6.84. The number of esters is 2. The lowest BCUT2D eigenvalue weighted by molar-refractivity contribution is -0.151. The quantitative estimate of drug-likeness (QED) is 0.365. The lowest BCUT2D eigenvalue weighted by Gasteiger charge is -2.18. The zero-order valence-corrected chi connectivity index (χ0v) is 22.8. The fourth-order valence-corrected chi connectivity index (χ4v) is 5.31. The maximum Gasteiger partial charge on any atom is 0.310 e. The van der Waals surface area contributed by atoms with E-state index in [0.29, 0.717) is 0 Å². The maximum atomic E-state index is 12.7. The average Bonchev–Trinajstić information content (AvgIpc) is 3.40. The smallest absolute Gasteiger partial charge is 0.310 e. The van der Waals surface area contributed by atoms with Crippen molar-refractivity contribution < 1.29 is 38.2 Å². The van der Waals surface area contributed by atoms with Crippen molar-refractivity contribution in [2.24, 2.45) is 23.7 Å². The molecule has 2 aliphatic carbocycles. The van der Waals surface area contributed by atoms with Gasteiger partial charge in [0.2, 0.25) is 5.24 Å². The second-order valence-electron chi connectivity index (χ2n) is 9.65. The zero-order valence-electron chi connectivity index (χ0n) is 22.1. The summed E-state index contributed by atoms with van der Waals surface area (Å²) in [6.45, 7) is 9.92. The lowest BCUT2D eigenvalue weighted by atomic mass is 9.86. The van der Waals surface area contributed by atoms with Crippen molar-refractivity contribution in [3.8, 4) is 0 Å². The van der Waals surface area contributed by atoms with Gasteiger partial charge in [0.1, 0.15) is 17.3 Å². The van der Waals surface area contributed by atoms with Crippen molar-refractivity contribution in [3.63, 3.8) is 0 Å². The molecular formula is C28H35ClO8. The highest BCUT2D eigenvalue weighted by atomic mass is 35.5. The Kier molecular flexibility index (Phi) is 11.2. The number of ether oxygens (including phenoxy) is 2. The number of carbonyl (C=O) groups excluding carboxylic acids is 6. The molecule has 2 aliphatic rings. The van der Waals surface area contributed by atoms with Gasteiger partial charge in [-0.15, -0.1) is 0 Å². The van der Waals surface area contributed by atoms with E-state index in [9.17, 15) is 28.8 Å². The zero-order chi connectivity index (χ0) is 27.9. The molecule has 0 N–H and O–H groups in total. The van der Waals surface area contributed by atoms with Crippen molar-refractivity contribution in [1.29, 1.82) is 0 Å². The molecule has 3 rings (SSSR count). The van der Waals surface area contributed by atoms with E-state index in [2.05, 4.69) is 12.1 Å². The Labute approximate surface area is 222 Å². The minimum absolute atomic E-state index is 0.0289. The van der Waals surface area contributed by atoms with Gasteiger partial charge in [-0.05, 0) is 62.9 Å². The summed E-state index contributed by atoms with van der Waals surface area (Å²) in [5.41, 5.74) is 4.32. The molecule has 2 saturated carbocycles. The number of hydrogen-bond donors (Lipinski definition) is 0. The normalized spacial score (nSPS) is 22.8. The molecule has 0 aliphatic heterocycles. The van der Waals surface area contributed by atoms with Crippen LogP contribution in [-0.4, -0.2) is 47.7 Å². The molecule has 9 heteroatoms. The number of hydrogen-bond acceptors (Lipinski definition) is 8. The van der Waals surface area contributed by atoms with Crippen molar-refractivity contribution in [2.75, 3.05) is 13.2 Å². The highest BCUT2D eigenvalue weighted by Crippen LogP contribution is 2.33. The largest absolute Gasteiger partial charge is 0.466 e. The molecule has 0 heterocycles. The molecule has 1 aromatic rings. The van der Waals surface area contributed by atoms with E-state index in [1.54, 1.807) is 13.8 Å². The number of ketones is 3. The minimum Gasteiger partial charge on any atom is -0.466 e. The first-order valence-corrected chi connectivity index (χ1v) is 12.9. The molecule has 1 aromatic carbocycles. The van der Waals surface area contributed by atoms with Gasteiger partial charge in [-0.3, -0.25) is 28.8 Å². The summed E-state index contributed by atoms with van der Waals surface area (Å²) >= 11 is 5.29. The van der Waals surface area contributed by atoms with E-state index in [-0.39, 0.29) is 62.7 Å². The summed E-state index contributed by atoms with van der Waals surface area (Å²) in [5, 5.41) is -0.631. The molecule has 0 unspecified atom stereocenters. The molecule has 37 heavy (non-hydrogen) atoms. The Balaban J connectivity index is 0.000000294. The second kappa shape index (κ2) is 13.6. The summed E-state index contributed by atoms with van der Waals surface area (Å²) in [7, 11) is 0. The highest BCUT2D eigenvalue weighted by Gasteiger charge is 2.43. The van der Waals surface area contributed by atoms with Crippen LogP contribution in [0.15, 0.2) is 12.1 Å². The molecule has 0 saturated heterocycles. The summed E-state index contributed by atoms with van der Waals surface area (Å²) in [4.78, 5) is 69.8. The van der Waals surface area contributed by atoms with Crippen LogP contribution in [0.5, 0.6) is 0 Å². The SMILES string of the molecule is CCOC(=O)[C@@H]1CC(=O)C[C@H]1C(=O)Cc1c(C)cc(C)cc1C.CCOC(=O)[C@@H]1CC(=O)C[C@H]1C(=O)Cl. The van der Waals surface area contributed by atoms with Crippen LogP contribution < -0.4 is 0 Å². The fourth-order valence-electron chi connectivity index (χ4n) is 5.08. The van der Waals surface area contributed by atoms with E-state index in [0.717, 1.165) is 22.3 Å². The Morgan fingerprint density at radius 3 is 1.59 bits per heavy atom. The number of Topliss-reactive ketones (excluding diaryl/α,β-unsaturated/α-hetero) is 3. The van der Waals surface area contributed by atoms with Crippen LogP contribution in [0.4, 0.5) is 0 Å². The molecule has 8 nitrogen and oxygen atoms in total. The van der Waals surface area contributed by atoms with Crippen LogP contribution in [0.3, 0.4) is 0 Å². The van der Waals surface area contributed by atoms with E-state index in [1.165, 1.54) is 0 Å². The Bertz CT molecular complexity index is 1050. The predicted molar refractivity (Wildman–Crippen MR) is 136 cm³/mol. The number of halogens is 1. The average molecular weight is 535 g/mol. The molecule has 0 amide bonds. The number of aryl methyl sites for hydroxylation is 3. The first-order chi connectivity index (χ1) is 17.4. The number of carbonyl (C=O) groups is 6. The molecule has 2 fully saturated rings. The van der Waals surface area contributed by atoms with Gasteiger partial charge in [-0.2, -0.15) is 0 Å². The molecule has 0 bridgehead atoms. The molecule has 202 valence electrons. The number of rotatable bonds is 8. The topological polar surface area (TPSA) is 121 Å². The Morgan fingerprint density at radius 2 is 1.16 bits per heavy atom. The van der Waals surface area contributed by atoms with Gasteiger partial charge in [0, 0.05) is 38.0 Å². The summed E-state index contributed by atoms with van der Waals surface area (Å²) in [6, 6.07) is 4.11. The Hall–Kier alpha value is -2.87. The third kappa shape index (κ3) is 8.06. The van der Waals surface area contributed by atoms with Gasteiger partial charge in [0.25, 0.3) is 0 Å². The van der Waals surface area contributed by atoms with Crippen molar-refractivity contribution >= 4 is 46.1 Å². The van der Waals surface area contributed by atoms with Crippen LogP contribution >= 0.6 is 11.6 Å². The number of benzene rings is 1. The van der Waals surface area contributed by atoms with Crippen molar-refractivity contribution in [3.05, 3.63) is 34.4 Å². The Morgan fingerprint density at radius 1 is 0.757 bits per heavy atom. The van der Waals surface area contributed by atoms with E-state index >= 15 is 0 Å². The molecule has 0 radical (unpaired) electrons. The van der Waals surface area contributed by atoms with Crippen molar-refractivity contribution in [1.82, 2.24) is 0 Å². The van der Waals surface area contributed by atoms with Gasteiger partial charge in [0.15, 0.2) is 0 Å². The van der Waals surface area contributed by atoms with E-state index in [1.807, 2.05) is 20.8 Å². The standard InChI is InChI=1S/C19H24O4.C9H11ClO4/c1-5-23-19(22)17-9-14(20)8-16(17)18(21)10-15-12(3)6-11(2)7-13(15)4;1-2-14-9(13)7-4-5(11)3-6(7)8(10)12/h6-7,16-17H,5,8-10H2,1-4H3;6-7H,2-4H2,1H3/t16-,17-;6-,7-/m11/s1. The monoisotopic (exact) mass is 534 g/mol. The van der Waals surface area contributed by atoms with Crippen molar-refractivity contribution in [2.45, 2.75) is 66.7 Å². The molecule has 0 aromatic heterocycles. The summed E-state index contributed by atoms with van der Waals surface area (Å²) in [6.07, 6.45) is 0.687. The predicted octanol–water partition coefficient (Wildman–Crippen LogP) is 3.79. The van der Waals surface area contributed by atoms with E-state index in [4.69, 9.17) is 21.1 Å². The third-order valence-corrected chi connectivity index (χ3v) is 7.12. The van der Waals surface area contributed by atoms with E-state index < -0.39 is 40.9 Å².